The number of hydrogen-bond acceptors (Lipinski definition) is 4. The first-order valence-corrected chi connectivity index (χ1v) is 7.32. The van der Waals surface area contributed by atoms with Crippen LogP contribution in [0.5, 0.6) is 0 Å². The molecule has 102 valence electrons. The Morgan fingerprint density at radius 3 is 2.90 bits per heavy atom. The highest BCUT2D eigenvalue weighted by Gasteiger charge is 2.15. The van der Waals surface area contributed by atoms with E-state index >= 15 is 0 Å². The second kappa shape index (κ2) is 6.50. The average molecular weight is 310 g/mol. The van der Waals surface area contributed by atoms with Crippen molar-refractivity contribution in [1.82, 2.24) is 0 Å². The van der Waals surface area contributed by atoms with Gasteiger partial charge >= 0.3 is 0 Å². The van der Waals surface area contributed by atoms with E-state index in [2.05, 4.69) is 5.32 Å². The van der Waals surface area contributed by atoms with Crippen molar-refractivity contribution in [3.63, 3.8) is 0 Å². The SMILES string of the molecule is N#CCSc1ccsc1C(=O)Nc1ccc(F)cc1F. The molecule has 1 heterocycles. The number of rotatable bonds is 4. The van der Waals surface area contributed by atoms with Crippen molar-refractivity contribution >= 4 is 34.7 Å². The monoisotopic (exact) mass is 310 g/mol. The smallest absolute Gasteiger partial charge is 0.266 e. The Morgan fingerprint density at radius 1 is 1.40 bits per heavy atom. The van der Waals surface area contributed by atoms with Crippen molar-refractivity contribution in [1.29, 1.82) is 5.26 Å². The zero-order valence-electron chi connectivity index (χ0n) is 10.0. The van der Waals surface area contributed by atoms with Crippen molar-refractivity contribution in [2.24, 2.45) is 0 Å². The summed E-state index contributed by atoms with van der Waals surface area (Å²) in [6.07, 6.45) is 0. The summed E-state index contributed by atoms with van der Waals surface area (Å²) < 4.78 is 26.2. The maximum atomic E-state index is 13.5. The van der Waals surface area contributed by atoms with Crippen LogP contribution in [-0.4, -0.2) is 11.7 Å². The number of halogens is 2. The Hall–Kier alpha value is -1.91. The van der Waals surface area contributed by atoms with E-state index in [0.29, 0.717) is 15.8 Å². The van der Waals surface area contributed by atoms with Crippen molar-refractivity contribution in [2.45, 2.75) is 4.90 Å². The third-order valence-corrected chi connectivity index (χ3v) is 4.27. The number of amides is 1. The summed E-state index contributed by atoms with van der Waals surface area (Å²) in [4.78, 5) is 13.1. The Morgan fingerprint density at radius 2 is 2.20 bits per heavy atom. The highest BCUT2D eigenvalue weighted by atomic mass is 32.2. The van der Waals surface area contributed by atoms with Crippen LogP contribution in [0.2, 0.25) is 0 Å². The molecule has 0 aliphatic heterocycles. The molecule has 0 unspecified atom stereocenters. The van der Waals surface area contributed by atoms with Crippen LogP contribution >= 0.6 is 23.1 Å². The number of nitrogens with one attached hydrogen (secondary N) is 1. The number of benzene rings is 1. The summed E-state index contributed by atoms with van der Waals surface area (Å²) in [5.41, 5.74) is -0.0824. The topological polar surface area (TPSA) is 52.9 Å². The lowest BCUT2D eigenvalue weighted by Crippen LogP contribution is -2.12. The van der Waals surface area contributed by atoms with E-state index in [4.69, 9.17) is 5.26 Å². The van der Waals surface area contributed by atoms with E-state index in [1.54, 1.807) is 11.4 Å². The van der Waals surface area contributed by atoms with Crippen LogP contribution in [0.4, 0.5) is 14.5 Å². The number of carbonyl (C=O) groups is 1. The molecule has 0 fully saturated rings. The van der Waals surface area contributed by atoms with Gasteiger partial charge in [-0.15, -0.1) is 23.1 Å². The third kappa shape index (κ3) is 3.35. The fourth-order valence-corrected chi connectivity index (χ4v) is 3.15. The van der Waals surface area contributed by atoms with Gasteiger partial charge in [-0.3, -0.25) is 4.79 Å². The summed E-state index contributed by atoms with van der Waals surface area (Å²) in [5, 5.41) is 12.6. The minimum absolute atomic E-state index is 0.0824. The number of anilines is 1. The standard InChI is InChI=1S/C13H8F2N2OS2/c14-8-1-2-10(9(15)7-8)17-13(18)12-11(3-5-20-12)19-6-4-16/h1-3,5,7H,6H2,(H,17,18). The molecule has 0 radical (unpaired) electrons. The van der Waals surface area contributed by atoms with Crippen LogP contribution in [0.3, 0.4) is 0 Å². The van der Waals surface area contributed by atoms with Gasteiger partial charge in [-0.2, -0.15) is 5.26 Å². The molecule has 0 saturated carbocycles. The Labute approximate surface area is 122 Å². The molecule has 0 aliphatic rings. The molecule has 3 nitrogen and oxygen atoms in total. The van der Waals surface area contributed by atoms with Gasteiger partial charge in [-0.1, -0.05) is 0 Å². The zero-order valence-corrected chi connectivity index (χ0v) is 11.7. The average Bonchev–Trinajstić information content (AvgIpc) is 2.88. The first-order chi connectivity index (χ1) is 9.61. The van der Waals surface area contributed by atoms with Gasteiger partial charge < -0.3 is 5.32 Å². The largest absolute Gasteiger partial charge is 0.319 e. The summed E-state index contributed by atoms with van der Waals surface area (Å²) >= 11 is 2.43. The molecule has 0 aliphatic carbocycles. The minimum Gasteiger partial charge on any atom is -0.319 e. The van der Waals surface area contributed by atoms with Gasteiger partial charge in [0, 0.05) is 11.0 Å². The van der Waals surface area contributed by atoms with Crippen LogP contribution < -0.4 is 5.32 Å². The van der Waals surface area contributed by atoms with Gasteiger partial charge in [-0.05, 0) is 23.6 Å². The summed E-state index contributed by atoms with van der Waals surface area (Å²) in [6.45, 7) is 0. The van der Waals surface area contributed by atoms with Gasteiger partial charge in [-0.25, -0.2) is 8.78 Å². The summed E-state index contributed by atoms with van der Waals surface area (Å²) in [7, 11) is 0. The highest BCUT2D eigenvalue weighted by molar-refractivity contribution is 7.99. The number of nitriles is 1. The number of carbonyl (C=O) groups excluding carboxylic acids is 1. The number of hydrogen-bond donors (Lipinski definition) is 1. The van der Waals surface area contributed by atoms with Gasteiger partial charge in [0.2, 0.25) is 0 Å². The maximum Gasteiger partial charge on any atom is 0.266 e. The van der Waals surface area contributed by atoms with E-state index in [1.807, 2.05) is 6.07 Å². The van der Waals surface area contributed by atoms with Crippen molar-refractivity contribution in [2.75, 3.05) is 11.1 Å². The number of thiophene rings is 1. The van der Waals surface area contributed by atoms with E-state index in [9.17, 15) is 13.6 Å². The Bertz CT molecular complexity index is 679. The predicted molar refractivity (Wildman–Crippen MR) is 75.0 cm³/mol. The molecular formula is C13H8F2N2OS2. The van der Waals surface area contributed by atoms with E-state index in [0.717, 1.165) is 12.1 Å². The normalized spacial score (nSPS) is 10.1. The second-order valence-electron chi connectivity index (χ2n) is 3.64. The Balaban J connectivity index is 2.16. The molecule has 20 heavy (non-hydrogen) atoms. The third-order valence-electron chi connectivity index (χ3n) is 2.31. The molecule has 1 aromatic heterocycles. The molecule has 0 bridgehead atoms. The van der Waals surface area contributed by atoms with Crippen LogP contribution in [0, 0.1) is 23.0 Å². The van der Waals surface area contributed by atoms with E-state index < -0.39 is 17.5 Å². The number of thioether (sulfide) groups is 1. The van der Waals surface area contributed by atoms with Gasteiger partial charge in [0.15, 0.2) is 0 Å². The van der Waals surface area contributed by atoms with Crippen molar-refractivity contribution in [3.8, 4) is 6.07 Å². The van der Waals surface area contributed by atoms with Crippen LogP contribution in [0.25, 0.3) is 0 Å². The van der Waals surface area contributed by atoms with Gasteiger partial charge in [0.1, 0.15) is 16.5 Å². The quantitative estimate of drug-likeness (QED) is 0.872. The fourth-order valence-electron chi connectivity index (χ4n) is 1.46. The molecule has 0 saturated heterocycles. The lowest BCUT2D eigenvalue weighted by atomic mass is 10.3. The highest BCUT2D eigenvalue weighted by Crippen LogP contribution is 2.28. The van der Waals surface area contributed by atoms with E-state index in [-0.39, 0.29) is 11.4 Å². The van der Waals surface area contributed by atoms with E-state index in [1.165, 1.54) is 23.1 Å². The second-order valence-corrected chi connectivity index (χ2v) is 5.57. The first-order valence-electron chi connectivity index (χ1n) is 5.45. The zero-order chi connectivity index (χ0) is 14.5. The van der Waals surface area contributed by atoms with Crippen LogP contribution in [0.1, 0.15) is 9.67 Å². The molecule has 7 heteroatoms. The fraction of sp³-hybridized carbons (Fsp3) is 0.0769. The van der Waals surface area contributed by atoms with Crippen molar-refractivity contribution < 1.29 is 13.6 Å². The molecule has 0 atom stereocenters. The molecule has 1 aromatic carbocycles. The van der Waals surface area contributed by atoms with Crippen LogP contribution in [-0.2, 0) is 0 Å². The van der Waals surface area contributed by atoms with Gasteiger partial charge in [0.05, 0.1) is 17.5 Å². The van der Waals surface area contributed by atoms with Gasteiger partial charge in [0.25, 0.3) is 5.91 Å². The van der Waals surface area contributed by atoms with Crippen LogP contribution in [0.15, 0.2) is 34.5 Å². The molecule has 1 amide bonds. The molecule has 2 aromatic rings. The predicted octanol–water partition coefficient (Wildman–Crippen LogP) is 3.89. The maximum absolute atomic E-state index is 13.5. The first kappa shape index (κ1) is 14.5. The molecule has 2 rings (SSSR count). The Kier molecular flexibility index (Phi) is 4.71. The molecule has 1 N–H and O–H groups in total. The van der Waals surface area contributed by atoms with Crippen molar-refractivity contribution in [3.05, 3.63) is 46.2 Å². The lowest BCUT2D eigenvalue weighted by Gasteiger charge is -2.06. The molecular weight excluding hydrogens is 302 g/mol. The number of nitrogens with zero attached hydrogens (tertiary/aromatic N) is 1. The lowest BCUT2D eigenvalue weighted by molar-refractivity contribution is 0.102. The summed E-state index contributed by atoms with van der Waals surface area (Å²) in [5.74, 6) is -1.80. The molecule has 0 spiro atoms. The minimum atomic E-state index is -0.832. The summed E-state index contributed by atoms with van der Waals surface area (Å²) in [6, 6.07) is 6.63.